The number of methoxy groups -OCH3 is 1. The lowest BCUT2D eigenvalue weighted by atomic mass is 10.1. The van der Waals surface area contributed by atoms with Gasteiger partial charge in [0, 0.05) is 6.54 Å². The number of anilines is 1. The third kappa shape index (κ3) is 2.78. The molecule has 0 radical (unpaired) electrons. The van der Waals surface area contributed by atoms with E-state index in [1.54, 1.807) is 19.1 Å². The molecule has 1 atom stereocenters. The zero-order valence-corrected chi connectivity index (χ0v) is 10.9. The molecule has 1 aliphatic rings. The molecule has 6 nitrogen and oxygen atoms in total. The number of hydrogen-bond donors (Lipinski definition) is 2. The molecule has 0 bridgehead atoms. The molecule has 1 aliphatic heterocycles. The predicted molar refractivity (Wildman–Crippen MR) is 69.4 cm³/mol. The van der Waals surface area contributed by atoms with Crippen molar-refractivity contribution in [1.82, 2.24) is 5.32 Å². The van der Waals surface area contributed by atoms with Gasteiger partial charge in [-0.3, -0.25) is 4.79 Å². The van der Waals surface area contributed by atoms with Crippen LogP contribution in [-0.2, 0) is 9.53 Å². The molecule has 1 aromatic rings. The van der Waals surface area contributed by atoms with Crippen molar-refractivity contribution in [2.45, 2.75) is 13.0 Å². The van der Waals surface area contributed by atoms with E-state index in [1.165, 1.54) is 7.11 Å². The molecule has 1 aromatic carbocycles. The largest absolute Gasteiger partial charge is 0.489 e. The van der Waals surface area contributed by atoms with Gasteiger partial charge in [-0.2, -0.15) is 0 Å². The molecule has 0 saturated heterocycles. The summed E-state index contributed by atoms with van der Waals surface area (Å²) in [5.74, 6) is -0.334. The highest BCUT2D eigenvalue weighted by molar-refractivity contribution is 6.00. The summed E-state index contributed by atoms with van der Waals surface area (Å²) >= 11 is 0. The van der Waals surface area contributed by atoms with Crippen LogP contribution in [0.1, 0.15) is 17.3 Å². The minimum Gasteiger partial charge on any atom is -0.489 e. The van der Waals surface area contributed by atoms with Crippen LogP contribution in [0, 0.1) is 0 Å². The first-order valence-corrected chi connectivity index (χ1v) is 6.02. The van der Waals surface area contributed by atoms with Gasteiger partial charge in [0.25, 0.3) is 5.91 Å². The number of amides is 1. The number of hydrogen-bond acceptors (Lipinski definition) is 5. The van der Waals surface area contributed by atoms with E-state index in [0.29, 0.717) is 24.5 Å². The van der Waals surface area contributed by atoms with Gasteiger partial charge in [-0.1, -0.05) is 6.07 Å². The lowest BCUT2D eigenvalue weighted by molar-refractivity contribution is -0.142. The first-order chi connectivity index (χ1) is 9.13. The molecular formula is C13H16N2O4. The number of ether oxygens (including phenoxy) is 2. The summed E-state index contributed by atoms with van der Waals surface area (Å²) in [6.07, 6.45) is 0. The zero-order chi connectivity index (χ0) is 13.8. The van der Waals surface area contributed by atoms with Gasteiger partial charge in [0.2, 0.25) is 0 Å². The van der Waals surface area contributed by atoms with Gasteiger partial charge >= 0.3 is 5.97 Å². The maximum atomic E-state index is 12.1. The van der Waals surface area contributed by atoms with E-state index >= 15 is 0 Å². The molecule has 0 fully saturated rings. The molecule has 0 spiro atoms. The molecule has 1 heterocycles. The maximum absolute atomic E-state index is 12.1. The highest BCUT2D eigenvalue weighted by Crippen LogP contribution is 2.31. The minimum absolute atomic E-state index is 0.363. The molecule has 1 amide bonds. The van der Waals surface area contributed by atoms with E-state index in [4.69, 9.17) is 4.74 Å². The topological polar surface area (TPSA) is 76.7 Å². The summed E-state index contributed by atoms with van der Waals surface area (Å²) in [4.78, 5) is 23.4. The normalized spacial score (nSPS) is 14.4. The molecular weight excluding hydrogens is 248 g/mol. The van der Waals surface area contributed by atoms with Crippen molar-refractivity contribution in [3.63, 3.8) is 0 Å². The number of para-hydroxylation sites is 1. The van der Waals surface area contributed by atoms with Crippen molar-refractivity contribution in [3.8, 4) is 5.75 Å². The molecule has 6 heteroatoms. The van der Waals surface area contributed by atoms with E-state index in [-0.39, 0.29) is 5.91 Å². The quantitative estimate of drug-likeness (QED) is 0.789. The number of nitrogens with one attached hydrogen (secondary N) is 2. The van der Waals surface area contributed by atoms with Crippen molar-refractivity contribution in [2.24, 2.45) is 0 Å². The second kappa shape index (κ2) is 5.60. The summed E-state index contributed by atoms with van der Waals surface area (Å²) in [5.41, 5.74) is 1.19. The van der Waals surface area contributed by atoms with Gasteiger partial charge in [0.15, 0.2) is 5.75 Å². The molecule has 2 N–H and O–H groups in total. The van der Waals surface area contributed by atoms with Crippen LogP contribution in [0.4, 0.5) is 5.69 Å². The first-order valence-electron chi connectivity index (χ1n) is 6.02. The summed E-state index contributed by atoms with van der Waals surface area (Å²) in [6, 6.07) is 4.56. The Morgan fingerprint density at radius 3 is 3.00 bits per heavy atom. The first kappa shape index (κ1) is 13.2. The fourth-order valence-corrected chi connectivity index (χ4v) is 1.86. The van der Waals surface area contributed by atoms with Crippen LogP contribution in [0.25, 0.3) is 0 Å². The number of rotatable bonds is 3. The average molecular weight is 264 g/mol. The molecule has 102 valence electrons. The Hall–Kier alpha value is -2.24. The van der Waals surface area contributed by atoms with E-state index in [9.17, 15) is 9.59 Å². The van der Waals surface area contributed by atoms with Crippen molar-refractivity contribution in [3.05, 3.63) is 23.8 Å². The fraction of sp³-hybridized carbons (Fsp3) is 0.385. The Balaban J connectivity index is 2.18. The van der Waals surface area contributed by atoms with Gasteiger partial charge in [0.05, 0.1) is 18.4 Å². The Morgan fingerprint density at radius 1 is 1.47 bits per heavy atom. The van der Waals surface area contributed by atoms with Gasteiger partial charge in [-0.05, 0) is 19.1 Å². The number of esters is 1. The smallest absolute Gasteiger partial charge is 0.328 e. The van der Waals surface area contributed by atoms with Gasteiger partial charge in [-0.15, -0.1) is 0 Å². The predicted octanol–water partition coefficient (Wildman–Crippen LogP) is 0.782. The average Bonchev–Trinajstić information content (AvgIpc) is 2.45. The van der Waals surface area contributed by atoms with Crippen LogP contribution in [0.15, 0.2) is 18.2 Å². The van der Waals surface area contributed by atoms with E-state index in [0.717, 1.165) is 5.69 Å². The molecule has 0 aromatic heterocycles. The standard InChI is InChI=1S/C13H16N2O4/c1-8(13(17)18-2)15-12(16)9-4-3-5-10-11(9)19-7-6-14-10/h3-5,8,14H,6-7H2,1-2H3,(H,15,16). The second-order valence-electron chi connectivity index (χ2n) is 4.18. The lowest BCUT2D eigenvalue weighted by Gasteiger charge is -2.21. The van der Waals surface area contributed by atoms with Crippen LogP contribution in [-0.4, -0.2) is 38.2 Å². The van der Waals surface area contributed by atoms with E-state index in [1.807, 2.05) is 6.07 Å². The van der Waals surface area contributed by atoms with Crippen LogP contribution in [0.5, 0.6) is 5.75 Å². The second-order valence-corrected chi connectivity index (χ2v) is 4.18. The lowest BCUT2D eigenvalue weighted by Crippen LogP contribution is -2.39. The third-order valence-electron chi connectivity index (χ3n) is 2.83. The minimum atomic E-state index is -0.704. The monoisotopic (exact) mass is 264 g/mol. The number of carbonyl (C=O) groups excluding carboxylic acids is 2. The van der Waals surface area contributed by atoms with Crippen molar-refractivity contribution in [1.29, 1.82) is 0 Å². The molecule has 0 saturated carbocycles. The van der Waals surface area contributed by atoms with Crippen LogP contribution in [0.3, 0.4) is 0 Å². The van der Waals surface area contributed by atoms with Crippen molar-refractivity contribution < 1.29 is 19.1 Å². The molecule has 1 unspecified atom stereocenters. The van der Waals surface area contributed by atoms with Gasteiger partial charge in [-0.25, -0.2) is 4.79 Å². The Kier molecular flexibility index (Phi) is 3.89. The highest BCUT2D eigenvalue weighted by atomic mass is 16.5. The summed E-state index contributed by atoms with van der Waals surface area (Å²) < 4.78 is 10.1. The molecule has 0 aliphatic carbocycles. The summed E-state index contributed by atoms with van der Waals surface area (Å²) in [7, 11) is 1.28. The van der Waals surface area contributed by atoms with Gasteiger partial charge in [0.1, 0.15) is 12.6 Å². The third-order valence-corrected chi connectivity index (χ3v) is 2.83. The van der Waals surface area contributed by atoms with Crippen LogP contribution in [0.2, 0.25) is 0 Å². The van der Waals surface area contributed by atoms with Crippen molar-refractivity contribution in [2.75, 3.05) is 25.6 Å². The van der Waals surface area contributed by atoms with E-state index in [2.05, 4.69) is 15.4 Å². The Morgan fingerprint density at radius 2 is 2.26 bits per heavy atom. The summed E-state index contributed by atoms with van der Waals surface area (Å²) in [5, 5.41) is 5.72. The van der Waals surface area contributed by atoms with Crippen LogP contribution >= 0.6 is 0 Å². The number of carbonyl (C=O) groups is 2. The number of fused-ring (bicyclic) bond motifs is 1. The maximum Gasteiger partial charge on any atom is 0.328 e. The van der Waals surface area contributed by atoms with E-state index < -0.39 is 12.0 Å². The van der Waals surface area contributed by atoms with Crippen LogP contribution < -0.4 is 15.4 Å². The SMILES string of the molecule is COC(=O)C(C)NC(=O)c1cccc2c1OCCN2. The van der Waals surface area contributed by atoms with Crippen molar-refractivity contribution >= 4 is 17.6 Å². The zero-order valence-electron chi connectivity index (χ0n) is 10.9. The molecule has 19 heavy (non-hydrogen) atoms. The highest BCUT2D eigenvalue weighted by Gasteiger charge is 2.22. The molecule has 2 rings (SSSR count). The summed E-state index contributed by atoms with van der Waals surface area (Å²) in [6.45, 7) is 2.78. The fourth-order valence-electron chi connectivity index (χ4n) is 1.86. The van der Waals surface area contributed by atoms with Gasteiger partial charge < -0.3 is 20.1 Å². The Labute approximate surface area is 111 Å². The number of benzene rings is 1. The Bertz CT molecular complexity index is 501.